The van der Waals surface area contributed by atoms with E-state index in [-0.39, 0.29) is 16.5 Å². The average Bonchev–Trinajstić information content (AvgIpc) is 2.98. The Hall–Kier alpha value is -1.73. The van der Waals surface area contributed by atoms with Gasteiger partial charge in [-0.15, -0.1) is 0 Å². The molecule has 0 saturated carbocycles. The molecule has 0 heterocycles. The van der Waals surface area contributed by atoms with Crippen LogP contribution < -0.4 is 0 Å². The first kappa shape index (κ1) is 39.3. The van der Waals surface area contributed by atoms with Gasteiger partial charge in [0.2, 0.25) is 0 Å². The van der Waals surface area contributed by atoms with E-state index in [0.717, 1.165) is 62.0 Å². The van der Waals surface area contributed by atoms with Gasteiger partial charge in [-0.25, -0.2) is 0 Å². The zero-order valence-corrected chi connectivity index (χ0v) is 29.8. The van der Waals surface area contributed by atoms with Gasteiger partial charge in [0.15, 0.2) is 0 Å². The molecule has 0 saturated heterocycles. The first-order valence-corrected chi connectivity index (χ1v) is 18.0. The summed E-state index contributed by atoms with van der Waals surface area (Å²) in [7, 11) is 0. The van der Waals surface area contributed by atoms with Gasteiger partial charge in [0.1, 0.15) is 0 Å². The van der Waals surface area contributed by atoms with Gasteiger partial charge in [-0.1, -0.05) is 111 Å². The normalized spacial score (nSPS) is 12.0. The van der Waals surface area contributed by atoms with Crippen LogP contribution in [0.2, 0.25) is 0 Å². The third kappa shape index (κ3) is 16.2. The standard InChI is InChI=1S/C40H64N2.Ni/c1-7-13-18-22-33-27-34(23-19-14-8-2)30-37(29-33)41-39(12-6)40(26-17-11-5)42-38-31-35(24-20-15-9-3)28-36(32-38)25-21-16-10-4;/h27-32H,7-26H2,1-6H3;/b41-39+,42-40+;. The van der Waals surface area contributed by atoms with Crippen molar-refractivity contribution >= 4 is 22.8 Å². The van der Waals surface area contributed by atoms with Crippen molar-refractivity contribution in [2.24, 2.45) is 9.98 Å². The fraction of sp³-hybridized carbons (Fsp3) is 0.650. The summed E-state index contributed by atoms with van der Waals surface area (Å²) in [6, 6.07) is 14.3. The van der Waals surface area contributed by atoms with Crippen LogP contribution >= 0.6 is 0 Å². The maximum atomic E-state index is 5.39. The van der Waals surface area contributed by atoms with Crippen LogP contribution in [-0.2, 0) is 42.2 Å². The van der Waals surface area contributed by atoms with Gasteiger partial charge in [-0.05, 0) is 117 Å². The summed E-state index contributed by atoms with van der Waals surface area (Å²) >= 11 is 0. The third-order valence-corrected chi connectivity index (χ3v) is 8.31. The second-order valence-electron chi connectivity index (χ2n) is 12.4. The van der Waals surface area contributed by atoms with Crippen molar-refractivity contribution in [2.45, 2.75) is 170 Å². The van der Waals surface area contributed by atoms with Gasteiger partial charge in [-0.2, -0.15) is 0 Å². The van der Waals surface area contributed by atoms with Gasteiger partial charge < -0.3 is 0 Å². The number of hydrogen-bond donors (Lipinski definition) is 0. The fourth-order valence-corrected chi connectivity index (χ4v) is 5.78. The third-order valence-electron chi connectivity index (χ3n) is 8.31. The second-order valence-corrected chi connectivity index (χ2v) is 12.4. The summed E-state index contributed by atoms with van der Waals surface area (Å²) in [5.41, 5.74) is 10.4. The Kier molecular flexibility index (Phi) is 22.5. The maximum Gasteiger partial charge on any atom is 0.0639 e. The van der Waals surface area contributed by atoms with Gasteiger partial charge in [0.05, 0.1) is 22.8 Å². The zero-order valence-electron chi connectivity index (χ0n) is 28.8. The molecule has 3 heteroatoms. The molecule has 43 heavy (non-hydrogen) atoms. The minimum atomic E-state index is 0. The van der Waals surface area contributed by atoms with Gasteiger partial charge in [0.25, 0.3) is 0 Å². The molecule has 0 spiro atoms. The molecular formula is C40H64N2Ni. The molecule has 0 radical (unpaired) electrons. The molecule has 0 aliphatic rings. The van der Waals surface area contributed by atoms with E-state index < -0.39 is 0 Å². The van der Waals surface area contributed by atoms with E-state index in [1.807, 2.05) is 0 Å². The number of aliphatic imine (C=N–C) groups is 2. The summed E-state index contributed by atoms with van der Waals surface area (Å²) in [4.78, 5) is 10.7. The van der Waals surface area contributed by atoms with E-state index in [1.54, 1.807) is 0 Å². The monoisotopic (exact) mass is 630 g/mol. The molecule has 2 aromatic carbocycles. The Morgan fingerprint density at radius 1 is 0.419 bits per heavy atom. The second kappa shape index (κ2) is 24.6. The molecular weight excluding hydrogens is 567 g/mol. The number of hydrogen-bond acceptors (Lipinski definition) is 2. The van der Waals surface area contributed by atoms with Crippen LogP contribution in [0, 0.1) is 0 Å². The molecule has 0 aliphatic heterocycles. The van der Waals surface area contributed by atoms with Crippen LogP contribution in [0.1, 0.15) is 167 Å². The van der Waals surface area contributed by atoms with Crippen molar-refractivity contribution in [1.82, 2.24) is 0 Å². The van der Waals surface area contributed by atoms with Crippen molar-refractivity contribution < 1.29 is 16.5 Å². The van der Waals surface area contributed by atoms with E-state index in [4.69, 9.17) is 9.98 Å². The van der Waals surface area contributed by atoms with Gasteiger partial charge in [0, 0.05) is 16.5 Å². The molecule has 0 atom stereocenters. The minimum absolute atomic E-state index is 0. The van der Waals surface area contributed by atoms with Crippen LogP contribution in [0.15, 0.2) is 46.4 Å². The first-order chi connectivity index (χ1) is 20.6. The molecule has 0 aromatic heterocycles. The Bertz CT molecular complexity index is 1010. The van der Waals surface area contributed by atoms with E-state index in [9.17, 15) is 0 Å². The van der Waals surface area contributed by atoms with Crippen LogP contribution in [0.3, 0.4) is 0 Å². The number of benzene rings is 2. The average molecular weight is 632 g/mol. The largest absolute Gasteiger partial charge is 0.252 e. The van der Waals surface area contributed by atoms with Crippen LogP contribution in [0.25, 0.3) is 0 Å². The smallest absolute Gasteiger partial charge is 0.0639 e. The molecule has 0 bridgehead atoms. The van der Waals surface area contributed by atoms with E-state index in [1.165, 1.54) is 111 Å². The number of aryl methyl sites for hydroxylation is 4. The fourth-order valence-electron chi connectivity index (χ4n) is 5.78. The summed E-state index contributed by atoms with van der Waals surface area (Å²) in [6.45, 7) is 13.7. The zero-order chi connectivity index (χ0) is 30.4. The van der Waals surface area contributed by atoms with Crippen molar-refractivity contribution in [2.75, 3.05) is 0 Å². The van der Waals surface area contributed by atoms with Crippen LogP contribution in [-0.4, -0.2) is 11.4 Å². The molecule has 0 aliphatic carbocycles. The Labute approximate surface area is 277 Å². The number of rotatable bonds is 23. The predicted molar refractivity (Wildman–Crippen MR) is 190 cm³/mol. The molecule has 2 rings (SSSR count). The van der Waals surface area contributed by atoms with Crippen molar-refractivity contribution in [3.63, 3.8) is 0 Å². The molecule has 0 N–H and O–H groups in total. The Morgan fingerprint density at radius 2 is 0.744 bits per heavy atom. The molecule has 2 aromatic rings. The predicted octanol–water partition coefficient (Wildman–Crippen LogP) is 13.1. The van der Waals surface area contributed by atoms with Gasteiger partial charge >= 0.3 is 0 Å². The first-order valence-electron chi connectivity index (χ1n) is 18.0. The van der Waals surface area contributed by atoms with E-state index in [2.05, 4.69) is 77.9 Å². The molecule has 2 nitrogen and oxygen atoms in total. The quantitative estimate of drug-likeness (QED) is 0.0662. The Morgan fingerprint density at radius 3 is 1.05 bits per heavy atom. The van der Waals surface area contributed by atoms with E-state index >= 15 is 0 Å². The van der Waals surface area contributed by atoms with Crippen LogP contribution in [0.4, 0.5) is 11.4 Å². The minimum Gasteiger partial charge on any atom is -0.252 e. The van der Waals surface area contributed by atoms with Crippen molar-refractivity contribution in [3.8, 4) is 0 Å². The van der Waals surface area contributed by atoms with Crippen molar-refractivity contribution in [3.05, 3.63) is 58.7 Å². The molecule has 0 unspecified atom stereocenters. The maximum absolute atomic E-state index is 5.39. The summed E-state index contributed by atoms with van der Waals surface area (Å²) in [6.07, 6.45) is 24.1. The topological polar surface area (TPSA) is 24.7 Å². The summed E-state index contributed by atoms with van der Waals surface area (Å²) < 4.78 is 0. The molecule has 244 valence electrons. The van der Waals surface area contributed by atoms with Gasteiger partial charge in [-0.3, -0.25) is 9.98 Å². The number of nitrogens with zero attached hydrogens (tertiary/aromatic N) is 2. The Balaban J connectivity index is 0.00000924. The van der Waals surface area contributed by atoms with E-state index in [0.29, 0.717) is 0 Å². The molecule has 0 amide bonds. The molecule has 0 fully saturated rings. The summed E-state index contributed by atoms with van der Waals surface area (Å²) in [5.74, 6) is 0. The van der Waals surface area contributed by atoms with Crippen LogP contribution in [0.5, 0.6) is 0 Å². The SMILES string of the molecule is CCCCCc1cc(CCCCC)cc(/N=C(CC)/C(CCCC)=N/c2cc(CCCCC)cc(CCCCC)c2)c1.[Ni]. The van der Waals surface area contributed by atoms with Crippen molar-refractivity contribution in [1.29, 1.82) is 0 Å². The number of unbranched alkanes of at least 4 members (excludes halogenated alkanes) is 9. The summed E-state index contributed by atoms with van der Waals surface area (Å²) in [5, 5.41) is 0.